The van der Waals surface area contributed by atoms with E-state index in [1.54, 1.807) is 0 Å². The first-order valence-corrected chi connectivity index (χ1v) is 12.6. The van der Waals surface area contributed by atoms with E-state index >= 15 is 0 Å². The van der Waals surface area contributed by atoms with E-state index in [4.69, 9.17) is 16.6 Å². The van der Waals surface area contributed by atoms with Gasteiger partial charge in [-0.2, -0.15) is 5.10 Å². The van der Waals surface area contributed by atoms with Crippen molar-refractivity contribution in [2.24, 2.45) is 5.10 Å². The minimum Gasteiger partial charge on any atom is -0.314 e. The summed E-state index contributed by atoms with van der Waals surface area (Å²) >= 11 is 7.79. The number of hydrogen-bond acceptors (Lipinski definition) is 4. The molecule has 0 aliphatic carbocycles. The monoisotopic (exact) mass is 498 g/mol. The smallest absolute Gasteiger partial charge is 0.250 e. The number of para-hydroxylation sites is 2. The van der Waals surface area contributed by atoms with Crippen molar-refractivity contribution in [3.63, 3.8) is 0 Å². The highest BCUT2D eigenvalue weighted by molar-refractivity contribution is 7.99. The third-order valence-corrected chi connectivity index (χ3v) is 7.10. The number of hydrogen-bond donors (Lipinski definition) is 1. The highest BCUT2D eigenvalue weighted by atomic mass is 35.5. The lowest BCUT2D eigenvalue weighted by molar-refractivity contribution is -0.118. The molecule has 35 heavy (non-hydrogen) atoms. The Bertz CT molecular complexity index is 1560. The minimum absolute atomic E-state index is 0.188. The first-order valence-electron chi connectivity index (χ1n) is 11.2. The number of thioether (sulfide) groups is 1. The molecule has 0 atom stereocenters. The quantitative estimate of drug-likeness (QED) is 0.158. The summed E-state index contributed by atoms with van der Waals surface area (Å²) in [5.74, 6) is 0.00635. The maximum atomic E-state index is 12.6. The van der Waals surface area contributed by atoms with E-state index in [0.29, 0.717) is 11.6 Å². The molecule has 1 N–H and O–H groups in total. The first-order chi connectivity index (χ1) is 17.1. The number of aromatic nitrogens is 2. The van der Waals surface area contributed by atoms with Crippen molar-refractivity contribution in [2.45, 2.75) is 18.6 Å². The SMILES string of the molecule is CC(=NNC(=O)CSc1nc2ccccc2n1Cc1ccccc1Cl)c1ccc2ccccc2c1. The van der Waals surface area contributed by atoms with E-state index < -0.39 is 0 Å². The summed E-state index contributed by atoms with van der Waals surface area (Å²) in [6, 6.07) is 30.0. The fourth-order valence-corrected chi connectivity index (χ4v) is 4.90. The number of carbonyl (C=O) groups excluding carboxylic acids is 1. The second-order valence-electron chi connectivity index (χ2n) is 8.14. The minimum atomic E-state index is -0.188. The van der Waals surface area contributed by atoms with Crippen molar-refractivity contribution >= 4 is 56.8 Å². The van der Waals surface area contributed by atoms with Crippen LogP contribution in [0.25, 0.3) is 21.8 Å². The Morgan fingerprint density at radius 1 is 0.971 bits per heavy atom. The van der Waals surface area contributed by atoms with Crippen molar-refractivity contribution in [3.05, 3.63) is 107 Å². The van der Waals surface area contributed by atoms with Crippen LogP contribution >= 0.6 is 23.4 Å². The van der Waals surface area contributed by atoms with Crippen LogP contribution in [-0.4, -0.2) is 26.9 Å². The molecule has 0 saturated carbocycles. The number of benzene rings is 4. The predicted molar refractivity (Wildman–Crippen MR) is 145 cm³/mol. The fourth-order valence-electron chi connectivity index (χ4n) is 3.90. The molecular formula is C28H23ClN4OS. The fraction of sp³-hybridized carbons (Fsp3) is 0.107. The maximum Gasteiger partial charge on any atom is 0.250 e. The summed E-state index contributed by atoms with van der Waals surface area (Å²) in [6.45, 7) is 2.46. The maximum absolute atomic E-state index is 12.6. The summed E-state index contributed by atoms with van der Waals surface area (Å²) in [4.78, 5) is 17.4. The largest absolute Gasteiger partial charge is 0.314 e. The molecule has 5 aromatic rings. The van der Waals surface area contributed by atoms with Gasteiger partial charge in [-0.25, -0.2) is 10.4 Å². The van der Waals surface area contributed by atoms with E-state index in [1.807, 2.05) is 73.7 Å². The Morgan fingerprint density at radius 3 is 2.57 bits per heavy atom. The third kappa shape index (κ3) is 5.24. The average Bonchev–Trinajstić information content (AvgIpc) is 3.24. The Labute approximate surface area is 212 Å². The summed E-state index contributed by atoms with van der Waals surface area (Å²) in [5.41, 5.74) is 7.28. The van der Waals surface area contributed by atoms with E-state index in [2.05, 4.69) is 39.4 Å². The lowest BCUT2D eigenvalue weighted by atomic mass is 10.0. The van der Waals surface area contributed by atoms with Crippen molar-refractivity contribution in [2.75, 3.05) is 5.75 Å². The van der Waals surface area contributed by atoms with E-state index in [9.17, 15) is 4.79 Å². The lowest BCUT2D eigenvalue weighted by Crippen LogP contribution is -2.21. The van der Waals surface area contributed by atoms with Gasteiger partial charge in [0.05, 0.1) is 29.0 Å². The van der Waals surface area contributed by atoms with Gasteiger partial charge < -0.3 is 4.57 Å². The van der Waals surface area contributed by atoms with Gasteiger partial charge in [-0.05, 0) is 53.1 Å². The van der Waals surface area contributed by atoms with Crippen LogP contribution in [0.5, 0.6) is 0 Å². The second kappa shape index (κ2) is 10.3. The van der Waals surface area contributed by atoms with Gasteiger partial charge in [0.25, 0.3) is 5.91 Å². The van der Waals surface area contributed by atoms with Gasteiger partial charge in [0, 0.05) is 5.02 Å². The Hall–Kier alpha value is -3.61. The van der Waals surface area contributed by atoms with Gasteiger partial charge in [-0.1, -0.05) is 90.1 Å². The van der Waals surface area contributed by atoms with Crippen molar-refractivity contribution in [1.29, 1.82) is 0 Å². The molecule has 5 rings (SSSR count). The van der Waals surface area contributed by atoms with E-state index in [1.165, 1.54) is 17.1 Å². The molecule has 0 fully saturated rings. The van der Waals surface area contributed by atoms with Gasteiger partial charge in [0.2, 0.25) is 0 Å². The summed E-state index contributed by atoms with van der Waals surface area (Å²) in [6.07, 6.45) is 0. The first kappa shape index (κ1) is 23.1. The lowest BCUT2D eigenvalue weighted by Gasteiger charge is -2.10. The van der Waals surface area contributed by atoms with Gasteiger partial charge >= 0.3 is 0 Å². The Balaban J connectivity index is 1.30. The molecule has 0 aliphatic heterocycles. The van der Waals surface area contributed by atoms with Crippen molar-refractivity contribution in [3.8, 4) is 0 Å². The average molecular weight is 499 g/mol. The molecule has 174 valence electrons. The molecule has 4 aromatic carbocycles. The molecule has 0 bridgehead atoms. The molecule has 0 spiro atoms. The highest BCUT2D eigenvalue weighted by Crippen LogP contribution is 2.27. The number of halogens is 1. The normalized spacial score (nSPS) is 11.8. The molecule has 5 nitrogen and oxygen atoms in total. The van der Waals surface area contributed by atoms with Gasteiger partial charge in [0.15, 0.2) is 5.16 Å². The Morgan fingerprint density at radius 2 is 1.71 bits per heavy atom. The summed E-state index contributed by atoms with van der Waals surface area (Å²) < 4.78 is 2.10. The number of nitrogens with zero attached hydrogens (tertiary/aromatic N) is 3. The third-order valence-electron chi connectivity index (χ3n) is 5.75. The summed E-state index contributed by atoms with van der Waals surface area (Å²) in [5, 5.41) is 8.09. The highest BCUT2D eigenvalue weighted by Gasteiger charge is 2.14. The summed E-state index contributed by atoms with van der Waals surface area (Å²) in [7, 11) is 0. The zero-order valence-corrected chi connectivity index (χ0v) is 20.7. The molecule has 0 radical (unpaired) electrons. The second-order valence-corrected chi connectivity index (χ2v) is 9.49. The number of nitrogens with one attached hydrogen (secondary N) is 1. The van der Waals surface area contributed by atoms with Crippen LogP contribution in [0.2, 0.25) is 5.02 Å². The molecule has 1 aromatic heterocycles. The molecule has 0 unspecified atom stereocenters. The van der Waals surface area contributed by atoms with Crippen LogP contribution in [0.4, 0.5) is 0 Å². The zero-order valence-electron chi connectivity index (χ0n) is 19.1. The zero-order chi connectivity index (χ0) is 24.2. The Kier molecular flexibility index (Phi) is 6.84. The molecule has 1 amide bonds. The van der Waals surface area contributed by atoms with Crippen molar-refractivity contribution < 1.29 is 4.79 Å². The van der Waals surface area contributed by atoms with Crippen LogP contribution in [-0.2, 0) is 11.3 Å². The molecular weight excluding hydrogens is 476 g/mol. The van der Waals surface area contributed by atoms with Gasteiger partial charge in [-0.3, -0.25) is 4.79 Å². The van der Waals surface area contributed by atoms with Crippen LogP contribution < -0.4 is 5.43 Å². The molecule has 0 aliphatic rings. The standard InChI is InChI=1S/C28H23ClN4OS/c1-19(21-15-14-20-8-2-3-9-22(20)16-21)31-32-27(34)18-35-28-30-25-12-6-7-13-26(25)33(28)17-23-10-4-5-11-24(23)29/h2-16H,17-18H2,1H3,(H,32,34). The number of carbonyl (C=O) groups is 1. The van der Waals surface area contributed by atoms with E-state index in [-0.39, 0.29) is 11.7 Å². The molecule has 1 heterocycles. The number of amides is 1. The number of imidazole rings is 1. The number of hydrazone groups is 1. The number of rotatable bonds is 7. The van der Waals surface area contributed by atoms with Crippen LogP contribution in [0.1, 0.15) is 18.1 Å². The van der Waals surface area contributed by atoms with E-state index in [0.717, 1.165) is 38.4 Å². The topological polar surface area (TPSA) is 59.3 Å². The molecule has 7 heteroatoms. The molecule has 0 saturated heterocycles. The van der Waals surface area contributed by atoms with Crippen LogP contribution in [0.3, 0.4) is 0 Å². The van der Waals surface area contributed by atoms with Crippen LogP contribution in [0.15, 0.2) is 101 Å². The van der Waals surface area contributed by atoms with Crippen LogP contribution in [0, 0.1) is 0 Å². The number of fused-ring (bicyclic) bond motifs is 2. The van der Waals surface area contributed by atoms with Gasteiger partial charge in [0.1, 0.15) is 0 Å². The predicted octanol–water partition coefficient (Wildman–Crippen LogP) is 6.52. The van der Waals surface area contributed by atoms with Crippen molar-refractivity contribution in [1.82, 2.24) is 15.0 Å². The van der Waals surface area contributed by atoms with Gasteiger partial charge in [-0.15, -0.1) is 0 Å².